The van der Waals surface area contributed by atoms with Gasteiger partial charge >= 0.3 is 0 Å². The zero-order valence-corrected chi connectivity index (χ0v) is 16.1. The molecule has 0 amide bonds. The third kappa shape index (κ3) is 3.75. The van der Waals surface area contributed by atoms with Gasteiger partial charge in [-0.3, -0.25) is 4.79 Å². The summed E-state index contributed by atoms with van der Waals surface area (Å²) in [6, 6.07) is 21.9. The fraction of sp³-hybridized carbons (Fsp3) is 0.0833. The van der Waals surface area contributed by atoms with Crippen molar-refractivity contribution in [2.24, 2.45) is 0 Å². The molecule has 0 spiro atoms. The van der Waals surface area contributed by atoms with Gasteiger partial charge in [-0.2, -0.15) is 0 Å². The average molecular weight is 385 g/mol. The predicted molar refractivity (Wildman–Crippen MR) is 112 cm³/mol. The van der Waals surface area contributed by atoms with E-state index in [1.165, 1.54) is 0 Å². The number of Topliss-reactive ketones (excluding diaryl/α,β-unsaturated/α-hetero) is 1. The van der Waals surface area contributed by atoms with Crippen LogP contribution in [0.15, 0.2) is 77.2 Å². The van der Waals surface area contributed by atoms with Crippen molar-refractivity contribution in [2.45, 2.75) is 0 Å². The van der Waals surface area contributed by atoms with Gasteiger partial charge in [0.05, 0.1) is 19.8 Å². The molecule has 1 heterocycles. The Kier molecular flexibility index (Phi) is 5.12. The lowest BCUT2D eigenvalue weighted by atomic mass is 10.0. The maximum Gasteiger partial charge on any atom is 0.231 e. The molecular weight excluding hydrogens is 366 g/mol. The number of nitrogens with zero attached hydrogens (tertiary/aromatic N) is 1. The second kappa shape index (κ2) is 8.02. The number of carbonyl (C=O) groups excluding carboxylic acids is 1. The van der Waals surface area contributed by atoms with E-state index in [1.54, 1.807) is 44.6 Å². The fourth-order valence-electron chi connectivity index (χ4n) is 3.07. The summed E-state index contributed by atoms with van der Waals surface area (Å²) in [5.41, 5.74) is 3.01. The lowest BCUT2D eigenvalue weighted by Gasteiger charge is -2.09. The number of rotatable bonds is 6. The number of ketones is 1. The highest BCUT2D eigenvalue weighted by atomic mass is 16.5. The molecule has 0 aliphatic carbocycles. The highest BCUT2D eigenvalue weighted by Gasteiger charge is 2.20. The average Bonchev–Trinajstić information content (AvgIpc) is 3.21. The number of benzene rings is 3. The van der Waals surface area contributed by atoms with E-state index in [-0.39, 0.29) is 11.7 Å². The van der Waals surface area contributed by atoms with E-state index in [0.29, 0.717) is 33.7 Å². The smallest absolute Gasteiger partial charge is 0.231 e. The molecule has 1 aromatic heterocycles. The third-order valence-electron chi connectivity index (χ3n) is 4.52. The van der Waals surface area contributed by atoms with E-state index in [0.717, 1.165) is 5.56 Å². The second-order valence-electron chi connectivity index (χ2n) is 6.35. The van der Waals surface area contributed by atoms with Crippen molar-refractivity contribution in [1.29, 1.82) is 0 Å². The van der Waals surface area contributed by atoms with Crippen molar-refractivity contribution in [3.05, 3.63) is 89.8 Å². The first-order valence-corrected chi connectivity index (χ1v) is 9.09. The van der Waals surface area contributed by atoms with Crippen LogP contribution in [0.3, 0.4) is 0 Å². The zero-order chi connectivity index (χ0) is 20.2. The Morgan fingerprint density at radius 2 is 1.62 bits per heavy atom. The molecule has 29 heavy (non-hydrogen) atoms. The molecule has 4 rings (SSSR count). The molecule has 4 aromatic rings. The summed E-state index contributed by atoms with van der Waals surface area (Å²) in [4.78, 5) is 17.8. The molecule has 0 aliphatic rings. The maximum atomic E-state index is 13.3. The second-order valence-corrected chi connectivity index (χ2v) is 6.35. The fourth-order valence-corrected chi connectivity index (χ4v) is 3.07. The van der Waals surface area contributed by atoms with Crippen LogP contribution in [0.5, 0.6) is 11.5 Å². The van der Waals surface area contributed by atoms with Crippen LogP contribution < -0.4 is 9.47 Å². The van der Waals surface area contributed by atoms with Gasteiger partial charge in [-0.05, 0) is 35.9 Å². The molecule has 0 bridgehead atoms. The molecule has 5 heteroatoms. The number of fused-ring (bicyclic) bond motifs is 1. The van der Waals surface area contributed by atoms with Crippen molar-refractivity contribution < 1.29 is 18.7 Å². The molecule has 0 radical (unpaired) electrons. The van der Waals surface area contributed by atoms with Gasteiger partial charge in [0, 0.05) is 5.56 Å². The van der Waals surface area contributed by atoms with Crippen molar-refractivity contribution >= 4 is 28.5 Å². The van der Waals surface area contributed by atoms with Gasteiger partial charge in [0.15, 0.2) is 22.9 Å². The van der Waals surface area contributed by atoms with Crippen LogP contribution in [0, 0.1) is 0 Å². The first-order chi connectivity index (χ1) is 14.2. The number of oxazole rings is 1. The normalized spacial score (nSPS) is 11.4. The van der Waals surface area contributed by atoms with E-state index in [2.05, 4.69) is 4.98 Å². The highest BCUT2D eigenvalue weighted by molar-refractivity contribution is 6.31. The van der Waals surface area contributed by atoms with Crippen molar-refractivity contribution in [3.63, 3.8) is 0 Å². The van der Waals surface area contributed by atoms with Crippen LogP contribution >= 0.6 is 0 Å². The van der Waals surface area contributed by atoms with Crippen LogP contribution in [0.2, 0.25) is 0 Å². The largest absolute Gasteiger partial charge is 0.493 e. The molecule has 0 unspecified atom stereocenters. The minimum Gasteiger partial charge on any atom is -0.493 e. The van der Waals surface area contributed by atoms with Gasteiger partial charge in [-0.25, -0.2) is 4.98 Å². The third-order valence-corrected chi connectivity index (χ3v) is 4.52. The number of allylic oxidation sites excluding steroid dienone is 1. The van der Waals surface area contributed by atoms with E-state index < -0.39 is 0 Å². The standard InChI is InChI=1S/C24H19NO4/c1-27-21-13-12-16(15-22(21)28-2)14-18(23(26)17-8-4-3-5-9-17)24-25-19-10-6-7-11-20(19)29-24/h3-15H,1-2H3/b18-14+. The van der Waals surface area contributed by atoms with Crippen LogP contribution in [-0.4, -0.2) is 25.0 Å². The van der Waals surface area contributed by atoms with Crippen molar-refractivity contribution in [1.82, 2.24) is 4.98 Å². The Bertz CT molecular complexity index is 1160. The summed E-state index contributed by atoms with van der Waals surface area (Å²) < 4.78 is 16.6. The molecule has 3 aromatic carbocycles. The monoisotopic (exact) mass is 385 g/mol. The summed E-state index contributed by atoms with van der Waals surface area (Å²) in [6.45, 7) is 0. The predicted octanol–water partition coefficient (Wildman–Crippen LogP) is 5.27. The van der Waals surface area contributed by atoms with Gasteiger partial charge in [0.1, 0.15) is 5.52 Å². The number of carbonyl (C=O) groups is 1. The lowest BCUT2D eigenvalue weighted by molar-refractivity contribution is 0.105. The molecule has 0 aliphatic heterocycles. The number of para-hydroxylation sites is 2. The molecule has 0 N–H and O–H groups in total. The van der Waals surface area contributed by atoms with E-state index in [9.17, 15) is 4.79 Å². The quantitative estimate of drug-likeness (QED) is 0.334. The molecule has 5 nitrogen and oxygen atoms in total. The van der Waals surface area contributed by atoms with Crippen LogP contribution in [0.4, 0.5) is 0 Å². The topological polar surface area (TPSA) is 61.6 Å². The van der Waals surface area contributed by atoms with Gasteiger partial charge < -0.3 is 13.9 Å². The molecule has 0 saturated carbocycles. The van der Waals surface area contributed by atoms with Gasteiger partial charge in [-0.15, -0.1) is 0 Å². The lowest BCUT2D eigenvalue weighted by Crippen LogP contribution is -2.03. The summed E-state index contributed by atoms with van der Waals surface area (Å²) >= 11 is 0. The minimum absolute atomic E-state index is 0.174. The van der Waals surface area contributed by atoms with Gasteiger partial charge in [-0.1, -0.05) is 48.5 Å². The summed E-state index contributed by atoms with van der Waals surface area (Å²) in [5.74, 6) is 1.29. The number of hydrogen-bond donors (Lipinski definition) is 0. The SMILES string of the molecule is COc1ccc(/C=C(\C(=O)c2ccccc2)c2nc3ccccc3o2)cc1OC. The molecule has 0 saturated heterocycles. The molecular formula is C24H19NO4. The number of hydrogen-bond acceptors (Lipinski definition) is 5. The van der Waals surface area contributed by atoms with Gasteiger partial charge in [0.25, 0.3) is 0 Å². The van der Waals surface area contributed by atoms with E-state index in [1.807, 2.05) is 48.5 Å². The Labute approximate surface area is 168 Å². The Hall–Kier alpha value is -3.86. The first kappa shape index (κ1) is 18.5. The molecule has 0 atom stereocenters. The Balaban J connectivity index is 1.86. The highest BCUT2D eigenvalue weighted by Crippen LogP contribution is 2.31. The summed E-state index contributed by atoms with van der Waals surface area (Å²) in [7, 11) is 3.15. The van der Waals surface area contributed by atoms with Crippen LogP contribution in [-0.2, 0) is 0 Å². The van der Waals surface area contributed by atoms with Gasteiger partial charge in [0.2, 0.25) is 5.89 Å². The molecule has 144 valence electrons. The Morgan fingerprint density at radius 3 is 2.34 bits per heavy atom. The van der Waals surface area contributed by atoms with Crippen LogP contribution in [0.1, 0.15) is 21.8 Å². The summed E-state index contributed by atoms with van der Waals surface area (Å²) in [6.07, 6.45) is 1.75. The number of aromatic nitrogens is 1. The zero-order valence-electron chi connectivity index (χ0n) is 16.1. The van der Waals surface area contributed by atoms with Crippen molar-refractivity contribution in [3.8, 4) is 11.5 Å². The minimum atomic E-state index is -0.174. The van der Waals surface area contributed by atoms with Crippen LogP contribution in [0.25, 0.3) is 22.7 Å². The first-order valence-electron chi connectivity index (χ1n) is 9.09. The van der Waals surface area contributed by atoms with E-state index >= 15 is 0 Å². The van der Waals surface area contributed by atoms with Crippen molar-refractivity contribution in [2.75, 3.05) is 14.2 Å². The summed E-state index contributed by atoms with van der Waals surface area (Å²) in [5, 5.41) is 0. The molecule has 0 fully saturated rings. The van der Waals surface area contributed by atoms with E-state index in [4.69, 9.17) is 13.9 Å². The maximum absolute atomic E-state index is 13.3. The Morgan fingerprint density at radius 1 is 0.897 bits per heavy atom. The number of methoxy groups -OCH3 is 2. The number of ether oxygens (including phenoxy) is 2.